The summed E-state index contributed by atoms with van der Waals surface area (Å²) in [4.78, 5) is 24.5. The van der Waals surface area contributed by atoms with E-state index in [4.69, 9.17) is 21.1 Å². The molecule has 0 spiro atoms. The molecule has 0 fully saturated rings. The number of methoxy groups -OCH3 is 1. The van der Waals surface area contributed by atoms with Crippen LogP contribution in [0.25, 0.3) is 0 Å². The molecule has 1 N–H and O–H groups in total. The molecule has 2 aromatic carbocycles. The SMILES string of the molecule is CCS(=O)(=O)N(CC(=O)Nc1ccc(Cl)c(C(=O)OC)c1)c1ccc2c(c1)OCCO2. The van der Waals surface area contributed by atoms with Crippen LogP contribution < -0.4 is 19.1 Å². The summed E-state index contributed by atoms with van der Waals surface area (Å²) >= 11 is 5.98. The highest BCUT2D eigenvalue weighted by molar-refractivity contribution is 7.92. The number of fused-ring (bicyclic) bond motifs is 1. The molecule has 0 saturated heterocycles. The average molecular weight is 469 g/mol. The number of nitrogens with one attached hydrogen (secondary N) is 1. The highest BCUT2D eigenvalue weighted by Crippen LogP contribution is 2.35. The fraction of sp³-hybridized carbons (Fsp3) is 0.300. The quantitative estimate of drug-likeness (QED) is 0.622. The van der Waals surface area contributed by atoms with E-state index in [0.29, 0.717) is 24.7 Å². The summed E-state index contributed by atoms with van der Waals surface area (Å²) in [6.07, 6.45) is 0. The highest BCUT2D eigenvalue weighted by Gasteiger charge is 2.25. The van der Waals surface area contributed by atoms with Gasteiger partial charge in [0.05, 0.1) is 29.1 Å². The van der Waals surface area contributed by atoms with Gasteiger partial charge in [-0.15, -0.1) is 0 Å². The molecular formula is C20H21ClN2O7S. The summed E-state index contributed by atoms with van der Waals surface area (Å²) in [5.41, 5.74) is 0.616. The van der Waals surface area contributed by atoms with Crippen molar-refractivity contribution in [3.05, 3.63) is 47.0 Å². The molecule has 11 heteroatoms. The molecule has 0 aliphatic carbocycles. The lowest BCUT2D eigenvalue weighted by atomic mass is 10.2. The van der Waals surface area contributed by atoms with E-state index in [9.17, 15) is 18.0 Å². The Kier molecular flexibility index (Phi) is 6.91. The van der Waals surface area contributed by atoms with Gasteiger partial charge in [0.1, 0.15) is 19.8 Å². The predicted molar refractivity (Wildman–Crippen MR) is 116 cm³/mol. The number of amides is 1. The topological polar surface area (TPSA) is 111 Å². The number of carbonyl (C=O) groups is 2. The molecule has 0 unspecified atom stereocenters. The Morgan fingerprint density at radius 1 is 1.13 bits per heavy atom. The van der Waals surface area contributed by atoms with Crippen LogP contribution in [0.2, 0.25) is 5.02 Å². The second-order valence-corrected chi connectivity index (χ2v) is 9.06. The van der Waals surface area contributed by atoms with E-state index in [2.05, 4.69) is 10.1 Å². The lowest BCUT2D eigenvalue weighted by Gasteiger charge is -2.25. The number of anilines is 2. The molecule has 166 valence electrons. The number of hydrogen-bond donors (Lipinski definition) is 1. The monoisotopic (exact) mass is 468 g/mol. The molecule has 0 aromatic heterocycles. The van der Waals surface area contributed by atoms with Gasteiger partial charge in [0.25, 0.3) is 0 Å². The number of sulfonamides is 1. The van der Waals surface area contributed by atoms with Gasteiger partial charge in [0, 0.05) is 11.8 Å². The Morgan fingerprint density at radius 3 is 2.52 bits per heavy atom. The minimum Gasteiger partial charge on any atom is -0.486 e. The van der Waals surface area contributed by atoms with Crippen LogP contribution in [0.3, 0.4) is 0 Å². The molecule has 0 bridgehead atoms. The lowest BCUT2D eigenvalue weighted by molar-refractivity contribution is -0.114. The highest BCUT2D eigenvalue weighted by atomic mass is 35.5. The number of hydrogen-bond acceptors (Lipinski definition) is 7. The number of ether oxygens (including phenoxy) is 3. The first kappa shape index (κ1) is 22.7. The predicted octanol–water partition coefficient (Wildman–Crippen LogP) is 2.69. The van der Waals surface area contributed by atoms with Crippen LogP contribution >= 0.6 is 11.6 Å². The summed E-state index contributed by atoms with van der Waals surface area (Å²) in [5, 5.41) is 2.74. The maximum atomic E-state index is 12.7. The van der Waals surface area contributed by atoms with E-state index in [0.717, 1.165) is 4.31 Å². The van der Waals surface area contributed by atoms with Gasteiger partial charge in [-0.3, -0.25) is 9.10 Å². The molecule has 31 heavy (non-hydrogen) atoms. The van der Waals surface area contributed by atoms with Crippen LogP contribution in [0, 0.1) is 0 Å². The van der Waals surface area contributed by atoms with Crippen molar-refractivity contribution in [2.75, 3.05) is 42.2 Å². The normalized spacial score (nSPS) is 12.7. The van der Waals surface area contributed by atoms with Gasteiger partial charge in [-0.25, -0.2) is 13.2 Å². The number of nitrogens with zero attached hydrogens (tertiary/aromatic N) is 1. The molecule has 0 atom stereocenters. The molecule has 1 heterocycles. The Labute approximate surface area is 184 Å². The maximum absolute atomic E-state index is 12.7. The Morgan fingerprint density at radius 2 is 1.84 bits per heavy atom. The zero-order chi connectivity index (χ0) is 22.6. The smallest absolute Gasteiger partial charge is 0.339 e. The largest absolute Gasteiger partial charge is 0.486 e. The minimum atomic E-state index is -3.78. The zero-order valence-corrected chi connectivity index (χ0v) is 18.5. The van der Waals surface area contributed by atoms with Gasteiger partial charge in [-0.2, -0.15) is 0 Å². The van der Waals surface area contributed by atoms with Gasteiger partial charge >= 0.3 is 5.97 Å². The van der Waals surface area contributed by atoms with Crippen molar-refractivity contribution >= 4 is 44.9 Å². The van der Waals surface area contributed by atoms with Crippen LogP contribution in [-0.2, 0) is 19.6 Å². The molecule has 3 rings (SSSR count). The number of carbonyl (C=O) groups excluding carboxylic acids is 2. The van der Waals surface area contributed by atoms with Crippen molar-refractivity contribution < 1.29 is 32.2 Å². The van der Waals surface area contributed by atoms with Crippen LogP contribution in [0.4, 0.5) is 11.4 Å². The van der Waals surface area contributed by atoms with Crippen LogP contribution in [0.5, 0.6) is 11.5 Å². The molecule has 1 aliphatic heterocycles. The molecule has 1 aliphatic rings. The van der Waals surface area contributed by atoms with Crippen LogP contribution in [0.1, 0.15) is 17.3 Å². The first-order chi connectivity index (χ1) is 14.7. The molecule has 0 saturated carbocycles. The Balaban J connectivity index is 1.84. The van der Waals surface area contributed by atoms with Crippen LogP contribution in [0.15, 0.2) is 36.4 Å². The van der Waals surface area contributed by atoms with E-state index < -0.39 is 28.4 Å². The van der Waals surface area contributed by atoms with Crippen molar-refractivity contribution in [1.29, 1.82) is 0 Å². The molecule has 1 amide bonds. The van der Waals surface area contributed by atoms with Gasteiger partial charge in [0.2, 0.25) is 15.9 Å². The maximum Gasteiger partial charge on any atom is 0.339 e. The second-order valence-electron chi connectivity index (χ2n) is 6.47. The standard InChI is InChI=1S/C20H21ClN2O7S/c1-3-31(26,27)23(14-5-7-17-18(11-14)30-9-8-29-17)12-19(24)22-13-4-6-16(21)15(10-13)20(25)28-2/h4-7,10-11H,3,8-9,12H2,1-2H3,(H,22,24). The summed E-state index contributed by atoms with van der Waals surface area (Å²) in [5.74, 6) is -0.564. The van der Waals surface area contributed by atoms with Crippen molar-refractivity contribution in [2.45, 2.75) is 6.92 Å². The number of halogens is 1. The van der Waals surface area contributed by atoms with Crippen molar-refractivity contribution in [3.63, 3.8) is 0 Å². The molecule has 0 radical (unpaired) electrons. The minimum absolute atomic E-state index is 0.0758. The van der Waals surface area contributed by atoms with E-state index >= 15 is 0 Å². The Hall–Kier alpha value is -2.98. The third kappa shape index (κ3) is 5.20. The van der Waals surface area contributed by atoms with E-state index in [1.54, 1.807) is 12.1 Å². The van der Waals surface area contributed by atoms with Crippen LogP contribution in [-0.4, -0.2) is 52.9 Å². The van der Waals surface area contributed by atoms with Gasteiger partial charge in [-0.1, -0.05) is 11.6 Å². The first-order valence-electron chi connectivity index (χ1n) is 9.33. The van der Waals surface area contributed by atoms with Crippen molar-refractivity contribution in [3.8, 4) is 11.5 Å². The summed E-state index contributed by atoms with van der Waals surface area (Å²) in [6.45, 7) is 1.75. The summed E-state index contributed by atoms with van der Waals surface area (Å²) in [7, 11) is -2.57. The molecular weight excluding hydrogens is 448 g/mol. The van der Waals surface area contributed by atoms with E-state index in [1.807, 2.05) is 0 Å². The van der Waals surface area contributed by atoms with Gasteiger partial charge in [0.15, 0.2) is 11.5 Å². The first-order valence-corrected chi connectivity index (χ1v) is 11.3. The van der Waals surface area contributed by atoms with Crippen molar-refractivity contribution in [1.82, 2.24) is 0 Å². The molecule has 9 nitrogen and oxygen atoms in total. The number of benzene rings is 2. The summed E-state index contributed by atoms with van der Waals surface area (Å²) in [6, 6.07) is 8.95. The lowest BCUT2D eigenvalue weighted by Crippen LogP contribution is -2.39. The fourth-order valence-corrected chi connectivity index (χ4v) is 4.15. The Bertz CT molecular complexity index is 1100. The number of rotatable bonds is 7. The summed E-state index contributed by atoms with van der Waals surface area (Å²) < 4.78 is 42.0. The number of esters is 1. The molecule has 2 aromatic rings. The van der Waals surface area contributed by atoms with Gasteiger partial charge < -0.3 is 19.5 Å². The van der Waals surface area contributed by atoms with E-state index in [-0.39, 0.29) is 27.7 Å². The zero-order valence-electron chi connectivity index (χ0n) is 16.9. The van der Waals surface area contributed by atoms with Crippen molar-refractivity contribution in [2.24, 2.45) is 0 Å². The van der Waals surface area contributed by atoms with E-state index in [1.165, 1.54) is 38.3 Å². The third-order valence-corrected chi connectivity index (χ3v) is 6.53. The second kappa shape index (κ2) is 9.44. The van der Waals surface area contributed by atoms with Gasteiger partial charge in [-0.05, 0) is 37.3 Å². The third-order valence-electron chi connectivity index (χ3n) is 4.46. The average Bonchev–Trinajstić information content (AvgIpc) is 2.77. The fourth-order valence-electron chi connectivity index (χ4n) is 2.89.